The first-order chi connectivity index (χ1) is 8.83. The van der Waals surface area contributed by atoms with Crippen molar-refractivity contribution < 1.29 is 8.83 Å². The van der Waals surface area contributed by atoms with Gasteiger partial charge in [0.15, 0.2) is 0 Å². The second-order valence-corrected chi connectivity index (χ2v) is 4.37. The molecule has 0 aliphatic heterocycles. The van der Waals surface area contributed by atoms with Crippen molar-refractivity contribution in [2.45, 2.75) is 19.5 Å². The Morgan fingerprint density at radius 2 is 2.06 bits per heavy atom. The molecule has 0 fully saturated rings. The monoisotopic (exact) mass is 241 g/mol. The zero-order chi connectivity index (χ0) is 12.4. The van der Waals surface area contributed by atoms with E-state index in [4.69, 9.17) is 8.83 Å². The number of furan rings is 2. The summed E-state index contributed by atoms with van der Waals surface area (Å²) in [6.45, 7) is 2.78. The molecule has 1 aromatic carbocycles. The maximum Gasteiger partial charge on any atom is 0.134 e. The van der Waals surface area contributed by atoms with E-state index in [1.807, 2.05) is 30.3 Å². The molecule has 1 unspecified atom stereocenters. The third-order valence-electron chi connectivity index (χ3n) is 3.03. The van der Waals surface area contributed by atoms with Gasteiger partial charge in [0.25, 0.3) is 0 Å². The van der Waals surface area contributed by atoms with E-state index < -0.39 is 0 Å². The van der Waals surface area contributed by atoms with Gasteiger partial charge in [0.2, 0.25) is 0 Å². The molecule has 0 saturated heterocycles. The minimum Gasteiger partial charge on any atom is -0.468 e. The fraction of sp³-hybridized carbons (Fsp3) is 0.200. The third kappa shape index (κ3) is 2.17. The molecule has 0 bridgehead atoms. The van der Waals surface area contributed by atoms with E-state index >= 15 is 0 Å². The normalized spacial score (nSPS) is 12.9. The molecule has 2 heterocycles. The summed E-state index contributed by atoms with van der Waals surface area (Å²) in [5, 5.41) is 4.51. The topological polar surface area (TPSA) is 38.3 Å². The first kappa shape index (κ1) is 11.1. The van der Waals surface area contributed by atoms with Crippen LogP contribution in [0.15, 0.2) is 57.6 Å². The van der Waals surface area contributed by atoms with Gasteiger partial charge in [0, 0.05) is 5.39 Å². The van der Waals surface area contributed by atoms with Crippen molar-refractivity contribution in [3.05, 3.63) is 60.2 Å². The van der Waals surface area contributed by atoms with Gasteiger partial charge in [-0.2, -0.15) is 0 Å². The largest absolute Gasteiger partial charge is 0.468 e. The summed E-state index contributed by atoms with van der Waals surface area (Å²) in [4.78, 5) is 0. The van der Waals surface area contributed by atoms with E-state index in [1.54, 1.807) is 6.26 Å². The molecule has 3 nitrogen and oxygen atoms in total. The molecule has 0 radical (unpaired) electrons. The molecule has 3 rings (SSSR count). The van der Waals surface area contributed by atoms with E-state index in [0.717, 1.165) is 22.5 Å². The molecule has 3 aromatic rings. The molecule has 0 aliphatic carbocycles. The molecule has 3 heteroatoms. The standard InChI is InChI=1S/C15H15NO2/c1-11(16-10-13-6-4-8-17-13)15-9-12-5-2-3-7-14(12)18-15/h2-9,11,16H,10H2,1H3. The number of rotatable bonds is 4. The number of fused-ring (bicyclic) bond motifs is 1. The predicted octanol–water partition coefficient (Wildman–Crippen LogP) is 3.88. The highest BCUT2D eigenvalue weighted by atomic mass is 16.3. The van der Waals surface area contributed by atoms with Crippen molar-refractivity contribution in [1.82, 2.24) is 5.32 Å². The molecule has 92 valence electrons. The average Bonchev–Trinajstić information content (AvgIpc) is 3.04. The van der Waals surface area contributed by atoms with E-state index in [-0.39, 0.29) is 6.04 Å². The zero-order valence-corrected chi connectivity index (χ0v) is 10.2. The van der Waals surface area contributed by atoms with Gasteiger partial charge < -0.3 is 14.2 Å². The SMILES string of the molecule is CC(NCc1ccco1)c1cc2ccccc2o1. The predicted molar refractivity (Wildman–Crippen MR) is 70.2 cm³/mol. The van der Waals surface area contributed by atoms with Gasteiger partial charge in [0.1, 0.15) is 17.1 Å². The Balaban J connectivity index is 1.73. The van der Waals surface area contributed by atoms with Crippen molar-refractivity contribution in [3.8, 4) is 0 Å². The summed E-state index contributed by atoms with van der Waals surface area (Å²) >= 11 is 0. The number of hydrogen-bond acceptors (Lipinski definition) is 3. The Labute approximate surface area is 105 Å². The van der Waals surface area contributed by atoms with E-state index in [1.165, 1.54) is 0 Å². The van der Waals surface area contributed by atoms with E-state index in [2.05, 4.69) is 24.4 Å². The number of benzene rings is 1. The summed E-state index contributed by atoms with van der Waals surface area (Å²) < 4.78 is 11.1. The molecule has 0 aliphatic rings. The Morgan fingerprint density at radius 3 is 2.83 bits per heavy atom. The lowest BCUT2D eigenvalue weighted by atomic mass is 10.2. The van der Waals surface area contributed by atoms with Crippen LogP contribution in [-0.2, 0) is 6.54 Å². The van der Waals surface area contributed by atoms with Gasteiger partial charge in [-0.3, -0.25) is 0 Å². The summed E-state index contributed by atoms with van der Waals surface area (Å²) in [6.07, 6.45) is 1.68. The fourth-order valence-electron chi connectivity index (χ4n) is 1.98. The van der Waals surface area contributed by atoms with Crippen LogP contribution in [0.3, 0.4) is 0 Å². The van der Waals surface area contributed by atoms with Crippen molar-refractivity contribution in [3.63, 3.8) is 0 Å². The fourth-order valence-corrected chi connectivity index (χ4v) is 1.98. The molecule has 0 spiro atoms. The minimum atomic E-state index is 0.155. The lowest BCUT2D eigenvalue weighted by Crippen LogP contribution is -2.17. The van der Waals surface area contributed by atoms with Crippen LogP contribution in [-0.4, -0.2) is 0 Å². The summed E-state index contributed by atoms with van der Waals surface area (Å²) in [5.41, 5.74) is 0.930. The Morgan fingerprint density at radius 1 is 1.17 bits per heavy atom. The van der Waals surface area contributed by atoms with Crippen LogP contribution in [0.4, 0.5) is 0 Å². The van der Waals surface area contributed by atoms with E-state index in [0.29, 0.717) is 6.54 Å². The van der Waals surface area contributed by atoms with Crippen molar-refractivity contribution in [1.29, 1.82) is 0 Å². The number of para-hydroxylation sites is 1. The molecular formula is C15H15NO2. The smallest absolute Gasteiger partial charge is 0.134 e. The molecule has 2 aromatic heterocycles. The zero-order valence-electron chi connectivity index (χ0n) is 10.2. The maximum atomic E-state index is 5.81. The van der Waals surface area contributed by atoms with Crippen molar-refractivity contribution in [2.75, 3.05) is 0 Å². The number of hydrogen-bond donors (Lipinski definition) is 1. The van der Waals surface area contributed by atoms with Crippen LogP contribution in [0.2, 0.25) is 0 Å². The summed E-state index contributed by atoms with van der Waals surface area (Å²) in [5.74, 6) is 1.88. The first-order valence-corrected chi connectivity index (χ1v) is 6.07. The van der Waals surface area contributed by atoms with Gasteiger partial charge in [-0.25, -0.2) is 0 Å². The molecule has 0 saturated carbocycles. The van der Waals surface area contributed by atoms with Crippen LogP contribution >= 0.6 is 0 Å². The van der Waals surface area contributed by atoms with Crippen LogP contribution in [0.5, 0.6) is 0 Å². The van der Waals surface area contributed by atoms with Crippen LogP contribution < -0.4 is 5.32 Å². The second kappa shape index (κ2) is 4.70. The van der Waals surface area contributed by atoms with Crippen LogP contribution in [0, 0.1) is 0 Å². The lowest BCUT2D eigenvalue weighted by molar-refractivity contribution is 0.419. The number of nitrogens with one attached hydrogen (secondary N) is 1. The van der Waals surface area contributed by atoms with Gasteiger partial charge in [-0.1, -0.05) is 18.2 Å². The van der Waals surface area contributed by atoms with Gasteiger partial charge in [-0.05, 0) is 31.2 Å². The van der Waals surface area contributed by atoms with Gasteiger partial charge >= 0.3 is 0 Å². The Bertz CT molecular complexity index is 592. The molecule has 1 atom stereocenters. The van der Waals surface area contributed by atoms with Crippen LogP contribution in [0.25, 0.3) is 11.0 Å². The Hall–Kier alpha value is -2.00. The molecule has 0 amide bonds. The first-order valence-electron chi connectivity index (χ1n) is 6.07. The quantitative estimate of drug-likeness (QED) is 0.753. The second-order valence-electron chi connectivity index (χ2n) is 4.37. The third-order valence-corrected chi connectivity index (χ3v) is 3.03. The highest BCUT2D eigenvalue weighted by Gasteiger charge is 2.11. The minimum absolute atomic E-state index is 0.155. The molecule has 18 heavy (non-hydrogen) atoms. The molecular weight excluding hydrogens is 226 g/mol. The van der Waals surface area contributed by atoms with Crippen molar-refractivity contribution >= 4 is 11.0 Å². The van der Waals surface area contributed by atoms with Crippen LogP contribution in [0.1, 0.15) is 24.5 Å². The molecule has 1 N–H and O–H groups in total. The summed E-state index contributed by atoms with van der Waals surface area (Å²) in [6, 6.07) is 14.1. The average molecular weight is 241 g/mol. The Kier molecular flexibility index (Phi) is 2.90. The van der Waals surface area contributed by atoms with Crippen molar-refractivity contribution in [2.24, 2.45) is 0 Å². The van der Waals surface area contributed by atoms with E-state index in [9.17, 15) is 0 Å². The summed E-state index contributed by atoms with van der Waals surface area (Å²) in [7, 11) is 0. The highest BCUT2D eigenvalue weighted by molar-refractivity contribution is 5.77. The van der Waals surface area contributed by atoms with Gasteiger partial charge in [0.05, 0.1) is 18.8 Å². The highest BCUT2D eigenvalue weighted by Crippen LogP contribution is 2.23. The van der Waals surface area contributed by atoms with Gasteiger partial charge in [-0.15, -0.1) is 0 Å². The maximum absolute atomic E-state index is 5.81. The lowest BCUT2D eigenvalue weighted by Gasteiger charge is -2.09.